The Morgan fingerprint density at radius 1 is 1.27 bits per heavy atom. The highest BCUT2D eigenvalue weighted by atomic mass is 79.9. The van der Waals surface area contributed by atoms with Crippen molar-refractivity contribution in [2.45, 2.75) is 0 Å². The number of nitrogens with one attached hydrogen (secondary N) is 2. The molecule has 0 saturated heterocycles. The quantitative estimate of drug-likeness (QED) is 0.775. The third-order valence-corrected chi connectivity index (χ3v) is 4.06. The molecule has 2 aromatic rings. The van der Waals surface area contributed by atoms with E-state index in [1.165, 1.54) is 6.08 Å². The zero-order chi connectivity index (χ0) is 16.2. The summed E-state index contributed by atoms with van der Waals surface area (Å²) in [7, 11) is -2.09. The molecule has 0 atom stereocenters. The number of carbonyl (C=O) groups excluding carboxylic acids is 1. The Labute approximate surface area is 137 Å². The summed E-state index contributed by atoms with van der Waals surface area (Å²) in [5.74, 6) is -0.551. The molecular weight excluding hydrogens is 370 g/mol. The molecule has 0 fully saturated rings. The molecular formula is C14H14BrN3O3S. The summed E-state index contributed by atoms with van der Waals surface area (Å²) in [5, 5.41) is 0.990. The maximum atomic E-state index is 11.9. The van der Waals surface area contributed by atoms with Crippen LogP contribution in [0.4, 0.5) is 0 Å². The Balaban J connectivity index is 1.99. The average molecular weight is 384 g/mol. The second kappa shape index (κ2) is 6.91. The molecule has 8 heteroatoms. The van der Waals surface area contributed by atoms with E-state index in [-0.39, 0.29) is 0 Å². The first-order valence-electron chi connectivity index (χ1n) is 6.24. The van der Waals surface area contributed by atoms with Gasteiger partial charge in [-0.25, -0.2) is 8.42 Å². The minimum absolute atomic E-state index is 0.321. The highest BCUT2D eigenvalue weighted by Crippen LogP contribution is 2.13. The van der Waals surface area contributed by atoms with E-state index in [1.54, 1.807) is 48.1 Å². The van der Waals surface area contributed by atoms with Gasteiger partial charge in [0, 0.05) is 23.1 Å². The van der Waals surface area contributed by atoms with Gasteiger partial charge in [-0.3, -0.25) is 10.2 Å². The fraction of sp³-hybridized carbons (Fsp3) is 0.0714. The van der Waals surface area contributed by atoms with Crippen LogP contribution in [0.1, 0.15) is 16.1 Å². The molecule has 2 rings (SSSR count). The zero-order valence-electron chi connectivity index (χ0n) is 11.7. The molecule has 0 aliphatic heterocycles. The molecule has 0 bridgehead atoms. The molecule has 1 aromatic carbocycles. The monoisotopic (exact) mass is 383 g/mol. The maximum Gasteiger partial charge on any atom is 0.282 e. The Kier molecular flexibility index (Phi) is 5.17. The van der Waals surface area contributed by atoms with Crippen molar-refractivity contribution in [2.24, 2.45) is 7.05 Å². The molecule has 0 aliphatic carbocycles. The standard InChI is InChI=1S/C14H14BrN3O3S/c1-18-10-12(15)9-13(18)14(19)16-17-22(20,21)8-7-11-5-3-2-4-6-11/h2-10,17H,1H3,(H,16,19)/b8-7+. The van der Waals surface area contributed by atoms with Gasteiger partial charge in [0.2, 0.25) is 0 Å². The number of carbonyl (C=O) groups is 1. The number of hydrazine groups is 1. The van der Waals surface area contributed by atoms with Crippen molar-refractivity contribution in [3.63, 3.8) is 0 Å². The fourth-order valence-corrected chi connectivity index (χ4v) is 2.86. The van der Waals surface area contributed by atoms with Gasteiger partial charge in [-0.15, -0.1) is 4.83 Å². The first kappa shape index (κ1) is 16.5. The summed E-state index contributed by atoms with van der Waals surface area (Å²) in [6.07, 6.45) is 3.13. The zero-order valence-corrected chi connectivity index (χ0v) is 14.1. The average Bonchev–Trinajstić information content (AvgIpc) is 2.83. The summed E-state index contributed by atoms with van der Waals surface area (Å²) in [6, 6.07) is 10.6. The van der Waals surface area contributed by atoms with Crippen molar-refractivity contribution >= 4 is 37.9 Å². The van der Waals surface area contributed by atoms with Crippen LogP contribution in [0.2, 0.25) is 0 Å². The number of rotatable bonds is 5. The number of aromatic nitrogens is 1. The SMILES string of the molecule is Cn1cc(Br)cc1C(=O)NNS(=O)(=O)/C=C/c1ccccc1. The van der Waals surface area contributed by atoms with Gasteiger partial charge < -0.3 is 4.57 Å². The van der Waals surface area contributed by atoms with Crippen LogP contribution in [-0.2, 0) is 17.1 Å². The number of benzene rings is 1. The number of halogens is 1. The van der Waals surface area contributed by atoms with E-state index < -0.39 is 15.9 Å². The first-order valence-corrected chi connectivity index (χ1v) is 8.58. The molecule has 22 heavy (non-hydrogen) atoms. The Hall–Kier alpha value is -1.90. The van der Waals surface area contributed by atoms with Gasteiger partial charge in [0.25, 0.3) is 15.9 Å². The van der Waals surface area contributed by atoms with Gasteiger partial charge in [-0.2, -0.15) is 0 Å². The summed E-state index contributed by atoms with van der Waals surface area (Å²) < 4.78 is 25.9. The van der Waals surface area contributed by atoms with E-state index in [0.29, 0.717) is 5.69 Å². The molecule has 1 aromatic heterocycles. The molecule has 0 radical (unpaired) electrons. The van der Waals surface area contributed by atoms with Crippen molar-refractivity contribution in [3.05, 3.63) is 63.7 Å². The third-order valence-electron chi connectivity index (χ3n) is 2.75. The lowest BCUT2D eigenvalue weighted by molar-refractivity contribution is 0.0937. The van der Waals surface area contributed by atoms with E-state index >= 15 is 0 Å². The van der Waals surface area contributed by atoms with E-state index in [9.17, 15) is 13.2 Å². The lowest BCUT2D eigenvalue weighted by Crippen LogP contribution is -2.41. The molecule has 0 saturated carbocycles. The van der Waals surface area contributed by atoms with Crippen LogP contribution < -0.4 is 10.3 Å². The molecule has 116 valence electrons. The maximum absolute atomic E-state index is 11.9. The summed E-state index contributed by atoms with van der Waals surface area (Å²) in [4.78, 5) is 13.9. The van der Waals surface area contributed by atoms with Crippen LogP contribution in [0, 0.1) is 0 Å². The summed E-state index contributed by atoms with van der Waals surface area (Å²) >= 11 is 3.24. The topological polar surface area (TPSA) is 80.2 Å². The normalized spacial score (nSPS) is 11.7. The largest absolute Gasteiger partial charge is 0.345 e. The second-order valence-electron chi connectivity index (χ2n) is 4.47. The fourth-order valence-electron chi connectivity index (χ4n) is 1.70. The van der Waals surface area contributed by atoms with E-state index in [4.69, 9.17) is 0 Å². The Morgan fingerprint density at radius 3 is 2.55 bits per heavy atom. The van der Waals surface area contributed by atoms with Crippen LogP contribution in [0.5, 0.6) is 0 Å². The van der Waals surface area contributed by atoms with Crippen LogP contribution >= 0.6 is 15.9 Å². The number of hydrogen-bond acceptors (Lipinski definition) is 3. The van der Waals surface area contributed by atoms with Gasteiger partial charge in [-0.1, -0.05) is 30.3 Å². The Bertz CT molecular complexity index is 798. The number of amides is 1. The summed E-state index contributed by atoms with van der Waals surface area (Å²) in [5.41, 5.74) is 3.22. The van der Waals surface area contributed by atoms with Crippen LogP contribution in [0.15, 0.2) is 52.5 Å². The minimum atomic E-state index is -3.77. The van der Waals surface area contributed by atoms with Crippen LogP contribution in [0.3, 0.4) is 0 Å². The number of nitrogens with zero attached hydrogens (tertiary/aromatic N) is 1. The van der Waals surface area contributed by atoms with Gasteiger partial charge in [0.05, 0.1) is 0 Å². The third kappa shape index (κ3) is 4.55. The summed E-state index contributed by atoms with van der Waals surface area (Å²) in [6.45, 7) is 0. The second-order valence-corrected chi connectivity index (χ2v) is 6.95. The van der Waals surface area contributed by atoms with Crippen LogP contribution in [0.25, 0.3) is 6.08 Å². The number of aryl methyl sites for hydroxylation is 1. The molecule has 1 heterocycles. The smallest absolute Gasteiger partial charge is 0.282 e. The van der Waals surface area contributed by atoms with Gasteiger partial charge in [-0.05, 0) is 33.6 Å². The first-order chi connectivity index (χ1) is 10.4. The van der Waals surface area contributed by atoms with Gasteiger partial charge in [0.1, 0.15) is 5.69 Å². The lowest BCUT2D eigenvalue weighted by Gasteiger charge is -2.06. The molecule has 6 nitrogen and oxygen atoms in total. The number of hydrogen-bond donors (Lipinski definition) is 2. The highest BCUT2D eigenvalue weighted by Gasteiger charge is 2.13. The minimum Gasteiger partial charge on any atom is -0.345 e. The molecule has 2 N–H and O–H groups in total. The highest BCUT2D eigenvalue weighted by molar-refractivity contribution is 9.10. The Morgan fingerprint density at radius 2 is 1.95 bits per heavy atom. The predicted octanol–water partition coefficient (Wildman–Crippen LogP) is 2.02. The van der Waals surface area contributed by atoms with Crippen molar-refractivity contribution in [1.29, 1.82) is 0 Å². The van der Waals surface area contributed by atoms with Crippen molar-refractivity contribution in [1.82, 2.24) is 14.8 Å². The van der Waals surface area contributed by atoms with Crippen molar-refractivity contribution < 1.29 is 13.2 Å². The van der Waals surface area contributed by atoms with E-state index in [2.05, 4.69) is 21.4 Å². The molecule has 0 unspecified atom stereocenters. The molecule has 1 amide bonds. The molecule has 0 aliphatic rings. The lowest BCUT2D eigenvalue weighted by atomic mass is 10.2. The van der Waals surface area contributed by atoms with Gasteiger partial charge in [0.15, 0.2) is 0 Å². The van der Waals surface area contributed by atoms with E-state index in [1.807, 2.05) is 10.9 Å². The predicted molar refractivity (Wildman–Crippen MR) is 88.1 cm³/mol. The van der Waals surface area contributed by atoms with Gasteiger partial charge >= 0.3 is 0 Å². The molecule has 0 spiro atoms. The van der Waals surface area contributed by atoms with Crippen molar-refractivity contribution in [3.8, 4) is 0 Å². The number of sulfonamides is 1. The van der Waals surface area contributed by atoms with Crippen molar-refractivity contribution in [2.75, 3.05) is 0 Å². The van der Waals surface area contributed by atoms with E-state index in [0.717, 1.165) is 15.4 Å². The van der Waals surface area contributed by atoms with Crippen LogP contribution in [-0.4, -0.2) is 18.9 Å².